The van der Waals surface area contributed by atoms with Gasteiger partial charge in [-0.1, -0.05) is 24.3 Å². The maximum absolute atomic E-state index is 11.7. The Morgan fingerprint density at radius 1 is 1.33 bits per heavy atom. The van der Waals surface area contributed by atoms with Gasteiger partial charge < -0.3 is 10.5 Å². The Balaban J connectivity index is 2.34. The van der Waals surface area contributed by atoms with Crippen LogP contribution in [0, 0.1) is 5.41 Å². The van der Waals surface area contributed by atoms with Crippen molar-refractivity contribution in [3.05, 3.63) is 35.4 Å². The first-order valence-corrected chi connectivity index (χ1v) is 6.30. The lowest BCUT2D eigenvalue weighted by Crippen LogP contribution is -2.52. The Hall–Kier alpha value is -1.35. The number of nitrogens with two attached hydrogens (primary N) is 1. The highest BCUT2D eigenvalue weighted by Gasteiger charge is 2.48. The number of methoxy groups -OCH3 is 1. The predicted molar refractivity (Wildman–Crippen MR) is 71.2 cm³/mol. The molecule has 0 heterocycles. The molecule has 0 bridgehead atoms. The van der Waals surface area contributed by atoms with Gasteiger partial charge in [-0.25, -0.2) is 0 Å². The molecule has 2 N–H and O–H groups in total. The van der Waals surface area contributed by atoms with Crippen molar-refractivity contribution in [2.75, 3.05) is 7.11 Å². The first-order chi connectivity index (χ1) is 8.38. The molecule has 98 valence electrons. The predicted octanol–water partition coefficient (Wildman–Crippen LogP) is 2.07. The average Bonchev–Trinajstić information content (AvgIpc) is 2.67. The molecule has 0 atom stereocenters. The van der Waals surface area contributed by atoms with Gasteiger partial charge in [0.2, 0.25) is 0 Å². The molecule has 0 radical (unpaired) electrons. The zero-order valence-corrected chi connectivity index (χ0v) is 11.3. The third-order valence-electron chi connectivity index (χ3n) is 4.25. The summed E-state index contributed by atoms with van der Waals surface area (Å²) in [5.74, 6) is -0.179. The Kier molecular flexibility index (Phi) is 3.20. The highest BCUT2D eigenvalue weighted by atomic mass is 16.5. The minimum Gasteiger partial charge on any atom is -0.469 e. The zero-order chi connectivity index (χ0) is 13.4. The van der Waals surface area contributed by atoms with Crippen molar-refractivity contribution < 1.29 is 9.53 Å². The van der Waals surface area contributed by atoms with Gasteiger partial charge in [-0.3, -0.25) is 4.79 Å². The Morgan fingerprint density at radius 2 is 1.83 bits per heavy atom. The van der Waals surface area contributed by atoms with Crippen molar-refractivity contribution >= 4 is 5.97 Å². The second kappa shape index (κ2) is 4.39. The van der Waals surface area contributed by atoms with Crippen LogP contribution in [0.1, 0.15) is 31.4 Å². The molecule has 18 heavy (non-hydrogen) atoms. The minimum absolute atomic E-state index is 0.179. The van der Waals surface area contributed by atoms with Gasteiger partial charge in [0.25, 0.3) is 0 Å². The lowest BCUT2D eigenvalue weighted by molar-refractivity contribution is -0.144. The van der Waals surface area contributed by atoms with Crippen LogP contribution in [0.3, 0.4) is 0 Å². The highest BCUT2D eigenvalue weighted by molar-refractivity contribution is 5.71. The number of hydrogen-bond acceptors (Lipinski definition) is 3. The average molecular weight is 247 g/mol. The van der Waals surface area contributed by atoms with Crippen LogP contribution in [-0.2, 0) is 22.4 Å². The SMILES string of the molecule is COC(=O)CC1(C(C)(C)N)Cc2ccccc2C1. The van der Waals surface area contributed by atoms with Crippen LogP contribution in [0.15, 0.2) is 24.3 Å². The van der Waals surface area contributed by atoms with Gasteiger partial charge in [-0.2, -0.15) is 0 Å². The van der Waals surface area contributed by atoms with Crippen LogP contribution >= 0.6 is 0 Å². The fourth-order valence-corrected chi connectivity index (χ4v) is 2.85. The van der Waals surface area contributed by atoms with Crippen LogP contribution in [-0.4, -0.2) is 18.6 Å². The lowest BCUT2D eigenvalue weighted by Gasteiger charge is -2.41. The number of carbonyl (C=O) groups excluding carboxylic acids is 1. The first-order valence-electron chi connectivity index (χ1n) is 6.30. The van der Waals surface area contributed by atoms with E-state index >= 15 is 0 Å². The number of esters is 1. The van der Waals surface area contributed by atoms with Gasteiger partial charge in [0.15, 0.2) is 0 Å². The van der Waals surface area contributed by atoms with E-state index in [-0.39, 0.29) is 11.4 Å². The molecule has 1 aliphatic rings. The lowest BCUT2D eigenvalue weighted by atomic mass is 9.67. The molecule has 0 spiro atoms. The molecule has 1 aromatic rings. The van der Waals surface area contributed by atoms with Gasteiger partial charge in [0.1, 0.15) is 0 Å². The van der Waals surface area contributed by atoms with E-state index in [1.54, 1.807) is 0 Å². The van der Waals surface area contributed by atoms with Crippen molar-refractivity contribution in [3.8, 4) is 0 Å². The van der Waals surface area contributed by atoms with Crippen LogP contribution in [0.2, 0.25) is 0 Å². The normalized spacial score (nSPS) is 17.3. The molecule has 2 rings (SSSR count). The fourth-order valence-electron chi connectivity index (χ4n) is 2.85. The van der Waals surface area contributed by atoms with E-state index in [1.807, 2.05) is 26.0 Å². The number of rotatable bonds is 3. The third-order valence-corrected chi connectivity index (χ3v) is 4.25. The van der Waals surface area contributed by atoms with Gasteiger partial charge in [0, 0.05) is 11.0 Å². The van der Waals surface area contributed by atoms with Crippen LogP contribution in [0.25, 0.3) is 0 Å². The Labute approximate surface area is 108 Å². The van der Waals surface area contributed by atoms with Gasteiger partial charge in [-0.05, 0) is 37.8 Å². The summed E-state index contributed by atoms with van der Waals surface area (Å²) in [7, 11) is 1.43. The summed E-state index contributed by atoms with van der Waals surface area (Å²) in [5, 5.41) is 0. The Bertz CT molecular complexity index is 435. The van der Waals surface area contributed by atoms with Gasteiger partial charge in [0.05, 0.1) is 13.5 Å². The largest absolute Gasteiger partial charge is 0.469 e. The van der Waals surface area contributed by atoms with E-state index in [0.29, 0.717) is 6.42 Å². The molecule has 0 amide bonds. The molecule has 3 nitrogen and oxygen atoms in total. The molecule has 0 saturated heterocycles. The summed E-state index contributed by atoms with van der Waals surface area (Å²) in [4.78, 5) is 11.7. The van der Waals surface area contributed by atoms with Crippen LogP contribution in [0.4, 0.5) is 0 Å². The quantitative estimate of drug-likeness (QED) is 0.832. The molecule has 0 unspecified atom stereocenters. The molecule has 1 aromatic carbocycles. The van der Waals surface area contributed by atoms with Crippen molar-refractivity contribution in [1.82, 2.24) is 0 Å². The maximum atomic E-state index is 11.7. The van der Waals surface area contributed by atoms with Gasteiger partial charge in [-0.15, -0.1) is 0 Å². The van der Waals surface area contributed by atoms with Crippen molar-refractivity contribution in [1.29, 1.82) is 0 Å². The number of fused-ring (bicyclic) bond motifs is 1. The molecule has 3 heteroatoms. The fraction of sp³-hybridized carbons (Fsp3) is 0.533. The first kappa shape index (κ1) is 13.1. The summed E-state index contributed by atoms with van der Waals surface area (Å²) in [6.45, 7) is 4.00. The number of ether oxygens (including phenoxy) is 1. The Morgan fingerprint density at radius 3 is 2.22 bits per heavy atom. The summed E-state index contributed by atoms with van der Waals surface area (Å²) >= 11 is 0. The molecular formula is C15H21NO2. The monoisotopic (exact) mass is 247 g/mol. The number of benzene rings is 1. The van der Waals surface area contributed by atoms with Crippen molar-refractivity contribution in [2.45, 2.75) is 38.6 Å². The number of hydrogen-bond donors (Lipinski definition) is 1. The summed E-state index contributed by atoms with van der Waals surface area (Å²) in [6, 6.07) is 8.33. The van der Waals surface area contributed by atoms with E-state index in [9.17, 15) is 4.79 Å². The molecule has 0 aromatic heterocycles. The van der Waals surface area contributed by atoms with E-state index in [4.69, 9.17) is 10.5 Å². The van der Waals surface area contributed by atoms with E-state index < -0.39 is 5.54 Å². The summed E-state index contributed by atoms with van der Waals surface area (Å²) in [5.41, 5.74) is 8.31. The van der Waals surface area contributed by atoms with Crippen molar-refractivity contribution in [3.63, 3.8) is 0 Å². The third kappa shape index (κ3) is 2.15. The highest BCUT2D eigenvalue weighted by Crippen LogP contribution is 2.46. The second-order valence-electron chi connectivity index (χ2n) is 5.88. The molecular weight excluding hydrogens is 226 g/mol. The molecule has 0 aliphatic heterocycles. The molecule has 0 fully saturated rings. The minimum atomic E-state index is -0.416. The van der Waals surface area contributed by atoms with E-state index in [2.05, 4.69) is 12.1 Å². The second-order valence-corrected chi connectivity index (χ2v) is 5.88. The zero-order valence-electron chi connectivity index (χ0n) is 11.3. The summed E-state index contributed by atoms with van der Waals surface area (Å²) < 4.78 is 4.84. The van der Waals surface area contributed by atoms with E-state index in [0.717, 1.165) is 12.8 Å². The van der Waals surface area contributed by atoms with Crippen LogP contribution in [0.5, 0.6) is 0 Å². The topological polar surface area (TPSA) is 52.3 Å². The molecule has 1 aliphatic carbocycles. The summed E-state index contributed by atoms with van der Waals surface area (Å²) in [6.07, 6.45) is 2.07. The van der Waals surface area contributed by atoms with Crippen LogP contribution < -0.4 is 5.73 Å². The molecule has 0 saturated carbocycles. The van der Waals surface area contributed by atoms with E-state index in [1.165, 1.54) is 18.2 Å². The van der Waals surface area contributed by atoms with Crippen molar-refractivity contribution in [2.24, 2.45) is 11.1 Å². The smallest absolute Gasteiger partial charge is 0.306 e. The van der Waals surface area contributed by atoms with Gasteiger partial charge >= 0.3 is 5.97 Å². The number of carbonyl (C=O) groups is 1. The standard InChI is InChI=1S/C15H21NO2/c1-14(2,16)15(10-13(17)18-3)8-11-6-4-5-7-12(11)9-15/h4-7H,8-10,16H2,1-3H3. The maximum Gasteiger partial charge on any atom is 0.306 e.